The monoisotopic (exact) mass is 398 g/mol. The molecule has 1 N–H and O–H groups in total. The molecular weight excluding hydrogens is 372 g/mol. The zero-order valence-electron chi connectivity index (χ0n) is 17.2. The van der Waals surface area contributed by atoms with Gasteiger partial charge in [0.15, 0.2) is 11.5 Å². The van der Waals surface area contributed by atoms with Crippen LogP contribution >= 0.6 is 0 Å². The van der Waals surface area contributed by atoms with Crippen molar-refractivity contribution in [2.24, 2.45) is 0 Å². The molecule has 0 radical (unpaired) electrons. The van der Waals surface area contributed by atoms with E-state index < -0.39 is 11.1 Å². The average Bonchev–Trinajstić information content (AvgIpc) is 3.38. The van der Waals surface area contributed by atoms with E-state index in [4.69, 9.17) is 4.74 Å². The van der Waals surface area contributed by atoms with Crippen molar-refractivity contribution in [2.75, 3.05) is 6.54 Å². The fraction of sp³-hybridized carbons (Fsp3) is 0.550. The largest absolute Gasteiger partial charge is 0.444 e. The molecule has 0 saturated heterocycles. The Morgan fingerprint density at radius 2 is 1.86 bits per heavy atom. The zero-order chi connectivity index (χ0) is 20.8. The van der Waals surface area contributed by atoms with Crippen molar-refractivity contribution in [1.29, 1.82) is 0 Å². The van der Waals surface area contributed by atoms with Crippen molar-refractivity contribution in [3.63, 3.8) is 0 Å². The summed E-state index contributed by atoms with van der Waals surface area (Å²) in [5.74, 6) is 0.393. The molecule has 1 aliphatic heterocycles. The molecule has 9 nitrogen and oxygen atoms in total. The first kappa shape index (κ1) is 19.4. The topological polar surface area (TPSA) is 102 Å². The van der Waals surface area contributed by atoms with Gasteiger partial charge in [0.25, 0.3) is 5.91 Å². The highest BCUT2D eigenvalue weighted by Crippen LogP contribution is 2.43. The second-order valence-electron chi connectivity index (χ2n) is 8.65. The maximum Gasteiger partial charge on any atom is 0.410 e. The third kappa shape index (κ3) is 3.81. The van der Waals surface area contributed by atoms with Crippen LogP contribution in [0.1, 0.15) is 61.2 Å². The fourth-order valence-corrected chi connectivity index (χ4v) is 3.50. The first-order chi connectivity index (χ1) is 13.7. The zero-order valence-corrected chi connectivity index (χ0v) is 17.2. The lowest BCUT2D eigenvalue weighted by Gasteiger charge is -2.30. The van der Waals surface area contributed by atoms with Gasteiger partial charge >= 0.3 is 6.09 Å². The van der Waals surface area contributed by atoms with Crippen molar-refractivity contribution >= 4 is 12.0 Å². The van der Waals surface area contributed by atoms with Crippen LogP contribution in [0, 0.1) is 6.92 Å². The maximum atomic E-state index is 13.0. The van der Waals surface area contributed by atoms with Crippen molar-refractivity contribution in [2.45, 2.75) is 64.8 Å². The minimum Gasteiger partial charge on any atom is -0.444 e. The van der Waals surface area contributed by atoms with Gasteiger partial charge in [-0.05, 0) is 46.6 Å². The predicted molar refractivity (Wildman–Crippen MR) is 104 cm³/mol. The molecule has 2 aromatic rings. The number of carbonyl (C=O) groups is 2. The molecule has 0 unspecified atom stereocenters. The van der Waals surface area contributed by atoms with Gasteiger partial charge in [0.1, 0.15) is 11.1 Å². The first-order valence-electron chi connectivity index (χ1n) is 9.83. The van der Waals surface area contributed by atoms with E-state index in [0.717, 1.165) is 24.1 Å². The van der Waals surface area contributed by atoms with E-state index in [9.17, 15) is 9.59 Å². The SMILES string of the molecule is Cc1c(C(=O)NC2(c3ncccn3)CC2)nn2c1CN(C(=O)OC(C)(C)C)CC2. The smallest absolute Gasteiger partial charge is 0.410 e. The minimum absolute atomic E-state index is 0.238. The van der Waals surface area contributed by atoms with Crippen LogP contribution in [-0.4, -0.2) is 48.8 Å². The number of rotatable bonds is 3. The third-order valence-electron chi connectivity index (χ3n) is 5.21. The molecule has 154 valence electrons. The highest BCUT2D eigenvalue weighted by atomic mass is 16.6. The molecule has 1 fully saturated rings. The molecule has 29 heavy (non-hydrogen) atoms. The van der Waals surface area contributed by atoms with E-state index in [1.165, 1.54) is 0 Å². The summed E-state index contributed by atoms with van der Waals surface area (Å²) in [7, 11) is 0. The van der Waals surface area contributed by atoms with Crippen molar-refractivity contribution in [1.82, 2.24) is 30.0 Å². The van der Waals surface area contributed by atoms with E-state index >= 15 is 0 Å². The molecule has 0 atom stereocenters. The predicted octanol–water partition coefficient (Wildman–Crippen LogP) is 2.15. The molecule has 2 aliphatic rings. The Morgan fingerprint density at radius 1 is 1.17 bits per heavy atom. The van der Waals surface area contributed by atoms with Crippen LogP contribution in [0.25, 0.3) is 0 Å². The summed E-state index contributed by atoms with van der Waals surface area (Å²) >= 11 is 0. The van der Waals surface area contributed by atoms with Gasteiger partial charge in [-0.3, -0.25) is 9.48 Å². The molecule has 3 heterocycles. The summed E-state index contributed by atoms with van der Waals surface area (Å²) in [6.45, 7) is 8.78. The number of fused-ring (bicyclic) bond motifs is 1. The molecule has 2 amide bonds. The van der Waals surface area contributed by atoms with E-state index in [-0.39, 0.29) is 12.0 Å². The summed E-state index contributed by atoms with van der Waals surface area (Å²) < 4.78 is 7.28. The lowest BCUT2D eigenvalue weighted by atomic mass is 10.1. The quantitative estimate of drug-likeness (QED) is 0.850. The number of hydrogen-bond acceptors (Lipinski definition) is 6. The lowest BCUT2D eigenvalue weighted by Crippen LogP contribution is -2.41. The van der Waals surface area contributed by atoms with Crippen LogP contribution in [0.5, 0.6) is 0 Å². The van der Waals surface area contributed by atoms with Crippen LogP contribution in [0.4, 0.5) is 4.79 Å². The van der Waals surface area contributed by atoms with Gasteiger partial charge in [0.2, 0.25) is 0 Å². The van der Waals surface area contributed by atoms with Gasteiger partial charge in [-0.2, -0.15) is 5.10 Å². The molecule has 2 aromatic heterocycles. The number of nitrogens with one attached hydrogen (secondary N) is 1. The lowest BCUT2D eigenvalue weighted by molar-refractivity contribution is 0.0193. The van der Waals surface area contributed by atoms with Crippen molar-refractivity contribution < 1.29 is 14.3 Å². The molecule has 1 aliphatic carbocycles. The molecule has 4 rings (SSSR count). The molecule has 0 spiro atoms. The summed E-state index contributed by atoms with van der Waals surface area (Å²) in [5.41, 5.74) is 0.964. The standard InChI is InChI=1S/C20H26N6O3/c1-13-14-12-25(18(28)29-19(2,3)4)10-11-26(14)24-15(13)16(27)23-20(6-7-20)17-21-8-5-9-22-17/h5,8-9H,6-7,10-12H2,1-4H3,(H,23,27). The number of hydrogen-bond donors (Lipinski definition) is 1. The Morgan fingerprint density at radius 3 is 2.48 bits per heavy atom. The van der Waals surface area contributed by atoms with Crippen LogP contribution in [0.15, 0.2) is 18.5 Å². The minimum atomic E-state index is -0.549. The van der Waals surface area contributed by atoms with Gasteiger partial charge in [-0.15, -0.1) is 0 Å². The fourth-order valence-electron chi connectivity index (χ4n) is 3.50. The van der Waals surface area contributed by atoms with Gasteiger partial charge in [0.05, 0.1) is 18.8 Å². The Labute approximate surface area is 169 Å². The number of ether oxygens (including phenoxy) is 1. The summed E-state index contributed by atoms with van der Waals surface area (Å²) in [4.78, 5) is 35.6. The first-order valence-corrected chi connectivity index (χ1v) is 9.83. The molecule has 9 heteroatoms. The number of nitrogens with zero attached hydrogens (tertiary/aromatic N) is 5. The van der Waals surface area contributed by atoms with Crippen LogP contribution < -0.4 is 5.32 Å². The molecule has 0 aromatic carbocycles. The second-order valence-corrected chi connectivity index (χ2v) is 8.65. The molecule has 1 saturated carbocycles. The van der Waals surface area contributed by atoms with Gasteiger partial charge in [-0.1, -0.05) is 0 Å². The van der Waals surface area contributed by atoms with Gasteiger partial charge in [0, 0.05) is 24.5 Å². The Hall–Kier alpha value is -2.97. The maximum absolute atomic E-state index is 13.0. The van der Waals surface area contributed by atoms with Crippen molar-refractivity contribution in [3.8, 4) is 0 Å². The average molecular weight is 398 g/mol. The van der Waals surface area contributed by atoms with Crippen LogP contribution in [-0.2, 0) is 23.4 Å². The third-order valence-corrected chi connectivity index (χ3v) is 5.21. The van der Waals surface area contributed by atoms with Crippen LogP contribution in [0.3, 0.4) is 0 Å². The van der Waals surface area contributed by atoms with E-state index in [2.05, 4.69) is 20.4 Å². The second kappa shape index (κ2) is 6.82. The summed E-state index contributed by atoms with van der Waals surface area (Å²) in [6, 6.07) is 1.76. The summed E-state index contributed by atoms with van der Waals surface area (Å²) in [5, 5.41) is 7.58. The summed E-state index contributed by atoms with van der Waals surface area (Å²) in [6.07, 6.45) is 4.62. The number of amides is 2. The van der Waals surface area contributed by atoms with E-state index in [0.29, 0.717) is 31.2 Å². The molecule has 0 bridgehead atoms. The van der Waals surface area contributed by atoms with Gasteiger partial charge in [-0.25, -0.2) is 14.8 Å². The molecular formula is C20H26N6O3. The Kier molecular flexibility index (Phi) is 4.55. The number of aromatic nitrogens is 4. The van der Waals surface area contributed by atoms with Crippen LogP contribution in [0.2, 0.25) is 0 Å². The van der Waals surface area contributed by atoms with E-state index in [1.54, 1.807) is 23.4 Å². The van der Waals surface area contributed by atoms with E-state index in [1.807, 2.05) is 32.4 Å². The normalized spacial score (nSPS) is 17.4. The van der Waals surface area contributed by atoms with Crippen molar-refractivity contribution in [3.05, 3.63) is 41.2 Å². The Bertz CT molecular complexity index is 943. The number of carbonyl (C=O) groups excluding carboxylic acids is 2. The van der Waals surface area contributed by atoms with Gasteiger partial charge < -0.3 is 15.0 Å². The highest BCUT2D eigenvalue weighted by Gasteiger charge is 2.49. The Balaban J connectivity index is 1.50. The highest BCUT2D eigenvalue weighted by molar-refractivity contribution is 5.94.